The van der Waals surface area contributed by atoms with Gasteiger partial charge >= 0.3 is 5.69 Å². The van der Waals surface area contributed by atoms with Crippen LogP contribution in [0.4, 0.5) is 14.5 Å². The van der Waals surface area contributed by atoms with Gasteiger partial charge in [-0.2, -0.15) is 4.39 Å². The van der Waals surface area contributed by atoms with Gasteiger partial charge in [0.2, 0.25) is 5.82 Å². The highest BCUT2D eigenvalue weighted by Crippen LogP contribution is 2.29. The van der Waals surface area contributed by atoms with E-state index in [0.717, 1.165) is 12.1 Å². The van der Waals surface area contributed by atoms with Crippen molar-refractivity contribution in [1.82, 2.24) is 9.97 Å². The highest BCUT2D eigenvalue weighted by molar-refractivity contribution is 5.61. The van der Waals surface area contributed by atoms with Gasteiger partial charge in [-0.05, 0) is 13.0 Å². The molecule has 5 nitrogen and oxygen atoms in total. The number of H-pyrrole nitrogens is 1. The van der Waals surface area contributed by atoms with Gasteiger partial charge in [0.15, 0.2) is 0 Å². The number of nitrogens with one attached hydrogen (secondary N) is 1. The third-order valence-corrected chi connectivity index (χ3v) is 2.21. The van der Waals surface area contributed by atoms with E-state index in [1.807, 2.05) is 0 Å². The summed E-state index contributed by atoms with van der Waals surface area (Å²) in [6.07, 6.45) is 1.38. The summed E-state index contributed by atoms with van der Waals surface area (Å²) in [6, 6.07) is 1.62. The SMILES string of the molecule is Cc1cnc(-c2c(F)ccc([N+](=O)[O-])c2F)[nH]1. The van der Waals surface area contributed by atoms with Crippen molar-refractivity contribution in [2.75, 3.05) is 0 Å². The highest BCUT2D eigenvalue weighted by atomic mass is 19.1. The topological polar surface area (TPSA) is 71.8 Å². The zero-order valence-electron chi connectivity index (χ0n) is 8.70. The molecule has 0 radical (unpaired) electrons. The molecule has 0 unspecified atom stereocenters. The number of aromatic nitrogens is 2. The monoisotopic (exact) mass is 239 g/mol. The Hall–Kier alpha value is -2.31. The second-order valence-corrected chi connectivity index (χ2v) is 3.43. The second kappa shape index (κ2) is 3.93. The van der Waals surface area contributed by atoms with Crippen molar-refractivity contribution in [3.63, 3.8) is 0 Å². The van der Waals surface area contributed by atoms with E-state index < -0.39 is 27.8 Å². The Labute approximate surface area is 94.3 Å². The van der Waals surface area contributed by atoms with Crippen LogP contribution in [-0.4, -0.2) is 14.9 Å². The number of hydrogen-bond acceptors (Lipinski definition) is 3. The van der Waals surface area contributed by atoms with Crippen LogP contribution in [0.25, 0.3) is 11.4 Å². The molecule has 0 aliphatic rings. The first kappa shape index (κ1) is 11.2. The number of rotatable bonds is 2. The van der Waals surface area contributed by atoms with Crippen LogP contribution in [0.2, 0.25) is 0 Å². The summed E-state index contributed by atoms with van der Waals surface area (Å²) >= 11 is 0. The molecule has 7 heteroatoms. The van der Waals surface area contributed by atoms with Gasteiger partial charge in [-0.25, -0.2) is 9.37 Å². The number of benzene rings is 1. The van der Waals surface area contributed by atoms with E-state index in [4.69, 9.17) is 0 Å². The minimum atomic E-state index is -1.23. The molecule has 1 aromatic heterocycles. The molecule has 2 rings (SSSR count). The number of nitrogens with zero attached hydrogens (tertiary/aromatic N) is 2. The van der Waals surface area contributed by atoms with Crippen LogP contribution in [0.1, 0.15) is 5.69 Å². The maximum atomic E-state index is 13.7. The van der Waals surface area contributed by atoms with Gasteiger partial charge < -0.3 is 4.98 Å². The fourth-order valence-electron chi connectivity index (χ4n) is 1.44. The second-order valence-electron chi connectivity index (χ2n) is 3.43. The first-order chi connectivity index (χ1) is 8.00. The summed E-state index contributed by atoms with van der Waals surface area (Å²) in [6.45, 7) is 1.66. The van der Waals surface area contributed by atoms with E-state index in [1.165, 1.54) is 6.20 Å². The van der Waals surface area contributed by atoms with Gasteiger partial charge in [0.05, 0.1) is 10.5 Å². The van der Waals surface area contributed by atoms with E-state index in [-0.39, 0.29) is 5.82 Å². The van der Waals surface area contributed by atoms with Gasteiger partial charge in [0.1, 0.15) is 11.6 Å². The first-order valence-electron chi connectivity index (χ1n) is 4.65. The number of aryl methyl sites for hydroxylation is 1. The highest BCUT2D eigenvalue weighted by Gasteiger charge is 2.23. The van der Waals surface area contributed by atoms with E-state index in [1.54, 1.807) is 6.92 Å². The van der Waals surface area contributed by atoms with Gasteiger partial charge in [-0.1, -0.05) is 0 Å². The molecule has 1 heterocycles. The summed E-state index contributed by atoms with van der Waals surface area (Å²) in [7, 11) is 0. The normalized spacial score (nSPS) is 10.5. The predicted molar refractivity (Wildman–Crippen MR) is 55.3 cm³/mol. The van der Waals surface area contributed by atoms with Crippen LogP contribution in [-0.2, 0) is 0 Å². The van der Waals surface area contributed by atoms with Crippen molar-refractivity contribution in [3.8, 4) is 11.4 Å². The van der Waals surface area contributed by atoms with Crippen LogP contribution in [0.15, 0.2) is 18.3 Å². The summed E-state index contributed by atoms with van der Waals surface area (Å²) in [4.78, 5) is 16.0. The van der Waals surface area contributed by atoms with E-state index in [0.29, 0.717) is 5.69 Å². The van der Waals surface area contributed by atoms with Crippen LogP contribution in [0, 0.1) is 28.7 Å². The minimum absolute atomic E-state index is 0.0683. The Morgan fingerprint density at radius 3 is 2.65 bits per heavy atom. The largest absolute Gasteiger partial charge is 0.342 e. The zero-order valence-corrected chi connectivity index (χ0v) is 8.70. The van der Waals surface area contributed by atoms with Gasteiger partial charge in [-0.15, -0.1) is 0 Å². The molecule has 0 spiro atoms. The third-order valence-electron chi connectivity index (χ3n) is 2.21. The molecule has 0 aliphatic carbocycles. The lowest BCUT2D eigenvalue weighted by molar-refractivity contribution is -0.387. The van der Waals surface area contributed by atoms with E-state index in [9.17, 15) is 18.9 Å². The maximum Gasteiger partial charge on any atom is 0.305 e. The molecule has 2 aromatic rings. The summed E-state index contributed by atoms with van der Waals surface area (Å²) in [5.41, 5.74) is -0.701. The van der Waals surface area contributed by atoms with Crippen molar-refractivity contribution in [2.24, 2.45) is 0 Å². The smallest absolute Gasteiger partial charge is 0.305 e. The number of nitro benzene ring substituents is 1. The van der Waals surface area contributed by atoms with Crippen LogP contribution < -0.4 is 0 Å². The van der Waals surface area contributed by atoms with Gasteiger partial charge in [-0.3, -0.25) is 10.1 Å². The Kier molecular flexibility index (Phi) is 2.58. The van der Waals surface area contributed by atoms with Crippen molar-refractivity contribution in [1.29, 1.82) is 0 Å². The molecule has 0 saturated heterocycles. The molecule has 0 atom stereocenters. The Balaban J connectivity index is 2.68. The lowest BCUT2D eigenvalue weighted by Gasteiger charge is -2.02. The summed E-state index contributed by atoms with van der Waals surface area (Å²) < 4.78 is 27.2. The molecule has 0 bridgehead atoms. The molecule has 0 fully saturated rings. The molecule has 1 N–H and O–H groups in total. The maximum absolute atomic E-state index is 13.7. The first-order valence-corrected chi connectivity index (χ1v) is 4.65. The molecular weight excluding hydrogens is 232 g/mol. The average Bonchev–Trinajstić information content (AvgIpc) is 2.64. The Bertz CT molecular complexity index is 595. The Morgan fingerprint density at radius 2 is 2.12 bits per heavy atom. The van der Waals surface area contributed by atoms with Crippen molar-refractivity contribution in [2.45, 2.75) is 6.92 Å². The lowest BCUT2D eigenvalue weighted by atomic mass is 10.1. The van der Waals surface area contributed by atoms with E-state index >= 15 is 0 Å². The molecule has 0 aliphatic heterocycles. The zero-order chi connectivity index (χ0) is 12.6. The molecule has 88 valence electrons. The number of nitro groups is 1. The fourth-order valence-corrected chi connectivity index (χ4v) is 1.44. The molecule has 1 aromatic carbocycles. The number of aromatic amines is 1. The molecule has 17 heavy (non-hydrogen) atoms. The number of imidazole rings is 1. The quantitative estimate of drug-likeness (QED) is 0.646. The van der Waals surface area contributed by atoms with E-state index in [2.05, 4.69) is 9.97 Å². The predicted octanol–water partition coefficient (Wildman–Crippen LogP) is 2.57. The van der Waals surface area contributed by atoms with Crippen LogP contribution >= 0.6 is 0 Å². The standard InChI is InChI=1S/C10H7F2N3O2/c1-5-4-13-10(14-5)8-6(11)2-3-7(9(8)12)15(16)17/h2-4H,1H3,(H,13,14). The van der Waals surface area contributed by atoms with Crippen molar-refractivity contribution < 1.29 is 13.7 Å². The van der Waals surface area contributed by atoms with Gasteiger partial charge in [0, 0.05) is 18.0 Å². The summed E-state index contributed by atoms with van der Waals surface area (Å²) in [5.74, 6) is -2.20. The minimum Gasteiger partial charge on any atom is -0.342 e. The molecule has 0 amide bonds. The van der Waals surface area contributed by atoms with Crippen molar-refractivity contribution >= 4 is 5.69 Å². The number of hydrogen-bond donors (Lipinski definition) is 1. The average molecular weight is 239 g/mol. The van der Waals surface area contributed by atoms with Crippen LogP contribution in [0.5, 0.6) is 0 Å². The Morgan fingerprint density at radius 1 is 1.41 bits per heavy atom. The number of halogens is 2. The molecule has 0 saturated carbocycles. The van der Waals surface area contributed by atoms with Gasteiger partial charge in [0.25, 0.3) is 0 Å². The van der Waals surface area contributed by atoms with Crippen molar-refractivity contribution in [3.05, 3.63) is 45.8 Å². The fraction of sp³-hybridized carbons (Fsp3) is 0.100. The third kappa shape index (κ3) is 1.86. The molecular formula is C10H7F2N3O2. The lowest BCUT2D eigenvalue weighted by Crippen LogP contribution is -1.98. The summed E-state index contributed by atoms with van der Waals surface area (Å²) in [5, 5.41) is 10.5. The van der Waals surface area contributed by atoms with Crippen LogP contribution in [0.3, 0.4) is 0 Å².